The lowest BCUT2D eigenvalue weighted by Gasteiger charge is -2.25. The van der Waals surface area contributed by atoms with Crippen LogP contribution in [0, 0.1) is 0 Å². The Morgan fingerprint density at radius 2 is 1.65 bits per heavy atom. The van der Waals surface area contributed by atoms with E-state index in [4.69, 9.17) is 9.47 Å². The number of hydrogen-bond donors (Lipinski definition) is 1. The molecule has 1 unspecified atom stereocenters. The number of amidine groups is 1. The van der Waals surface area contributed by atoms with E-state index in [9.17, 15) is 9.59 Å². The molecule has 1 aromatic carbocycles. The molecular weight excluding hydrogens is 336 g/mol. The number of carbonyl (C=O) groups excluding carboxylic acids is 2. The monoisotopic (exact) mass is 354 g/mol. The van der Waals surface area contributed by atoms with Gasteiger partial charge in [-0.2, -0.15) is 4.99 Å². The van der Waals surface area contributed by atoms with Gasteiger partial charge in [-0.1, -0.05) is 12.1 Å². The van der Waals surface area contributed by atoms with E-state index in [1.54, 1.807) is 30.3 Å². The van der Waals surface area contributed by atoms with Crippen LogP contribution >= 0.6 is 0 Å². The summed E-state index contributed by atoms with van der Waals surface area (Å²) in [6.07, 6.45) is 1.57. The lowest BCUT2D eigenvalue weighted by Crippen LogP contribution is -2.51. The second-order valence-corrected chi connectivity index (χ2v) is 6.52. The average Bonchev–Trinajstić information content (AvgIpc) is 2.59. The van der Waals surface area contributed by atoms with Crippen molar-refractivity contribution in [1.82, 2.24) is 15.3 Å². The first-order valence-electron chi connectivity index (χ1n) is 7.99. The van der Waals surface area contributed by atoms with Crippen LogP contribution in [-0.4, -0.2) is 39.3 Å². The number of aliphatic imine (C=N–C) groups is 1. The number of ether oxygens (including phenoxy) is 2. The lowest BCUT2D eigenvalue weighted by atomic mass is 10.2. The van der Waals surface area contributed by atoms with Crippen molar-refractivity contribution in [2.75, 3.05) is 0 Å². The Hall–Kier alpha value is -3.29. The highest BCUT2D eigenvalue weighted by molar-refractivity contribution is 6.21. The van der Waals surface area contributed by atoms with Crippen LogP contribution in [0.2, 0.25) is 0 Å². The maximum atomic E-state index is 12.4. The van der Waals surface area contributed by atoms with Crippen LogP contribution < -0.4 is 14.8 Å². The van der Waals surface area contributed by atoms with E-state index >= 15 is 0 Å². The van der Waals surface area contributed by atoms with Crippen molar-refractivity contribution in [3.8, 4) is 11.5 Å². The number of nitrogens with zero attached hydrogens (tertiary/aromatic N) is 3. The van der Waals surface area contributed by atoms with Gasteiger partial charge in [0.2, 0.25) is 0 Å². The molecule has 2 heterocycles. The molecule has 0 aliphatic carbocycles. The number of hydrogen-bond acceptors (Lipinski definition) is 6. The van der Waals surface area contributed by atoms with E-state index in [0.717, 1.165) is 0 Å². The molecular formula is C18H18N4O4. The van der Waals surface area contributed by atoms with Crippen molar-refractivity contribution in [3.05, 3.63) is 48.5 Å². The Balaban J connectivity index is 1.83. The standard InChI is InChI=1S/C18H18N4O4/c1-18(2,3)26-12-8-5-4-7-11(12)25-13-16(23)21-15(22-17(13)24)14-19-9-6-10-20-14/h4-10,13H,1-3H3,(H,21,22,23,24). The minimum atomic E-state index is -1.41. The summed E-state index contributed by atoms with van der Waals surface area (Å²) in [5, 5.41) is 2.50. The van der Waals surface area contributed by atoms with Crippen molar-refractivity contribution >= 4 is 17.6 Å². The summed E-state index contributed by atoms with van der Waals surface area (Å²) in [6, 6.07) is 8.45. The SMILES string of the molecule is CC(C)(C)Oc1ccccc1OC1C(=O)N=C(c2ncccn2)NC1=O. The van der Waals surface area contributed by atoms with Gasteiger partial charge in [0, 0.05) is 12.4 Å². The van der Waals surface area contributed by atoms with E-state index in [2.05, 4.69) is 20.3 Å². The first-order valence-corrected chi connectivity index (χ1v) is 7.99. The summed E-state index contributed by atoms with van der Waals surface area (Å²) >= 11 is 0. The molecule has 134 valence electrons. The summed E-state index contributed by atoms with van der Waals surface area (Å²) in [7, 11) is 0. The van der Waals surface area contributed by atoms with Crippen molar-refractivity contribution in [3.63, 3.8) is 0 Å². The van der Waals surface area contributed by atoms with Gasteiger partial charge in [0.1, 0.15) is 5.60 Å². The van der Waals surface area contributed by atoms with E-state index < -0.39 is 23.5 Å². The number of rotatable bonds is 4. The first kappa shape index (κ1) is 17.5. The van der Waals surface area contributed by atoms with Crippen LogP contribution in [-0.2, 0) is 9.59 Å². The Morgan fingerprint density at radius 1 is 1.00 bits per heavy atom. The fourth-order valence-corrected chi connectivity index (χ4v) is 2.21. The molecule has 1 atom stereocenters. The van der Waals surface area contributed by atoms with E-state index in [-0.39, 0.29) is 17.4 Å². The maximum absolute atomic E-state index is 12.4. The zero-order valence-corrected chi connectivity index (χ0v) is 14.6. The smallest absolute Gasteiger partial charge is 0.298 e. The highest BCUT2D eigenvalue weighted by Crippen LogP contribution is 2.31. The number of amides is 2. The molecule has 1 aromatic heterocycles. The molecule has 0 saturated heterocycles. The Bertz CT molecular complexity index is 859. The van der Waals surface area contributed by atoms with Crippen molar-refractivity contribution in [2.45, 2.75) is 32.5 Å². The Labute approximate surface area is 150 Å². The molecule has 0 spiro atoms. The highest BCUT2D eigenvalue weighted by Gasteiger charge is 2.36. The van der Waals surface area contributed by atoms with Crippen molar-refractivity contribution < 1.29 is 19.1 Å². The van der Waals surface area contributed by atoms with Crippen LogP contribution in [0.25, 0.3) is 0 Å². The minimum Gasteiger partial charge on any atom is -0.484 e. The summed E-state index contributed by atoms with van der Waals surface area (Å²) in [4.78, 5) is 36.4. The number of para-hydroxylation sites is 2. The average molecular weight is 354 g/mol. The molecule has 0 bridgehead atoms. The molecule has 1 aliphatic heterocycles. The quantitative estimate of drug-likeness (QED) is 0.835. The Morgan fingerprint density at radius 3 is 2.27 bits per heavy atom. The van der Waals surface area contributed by atoms with Gasteiger partial charge in [0.15, 0.2) is 23.2 Å². The molecule has 1 N–H and O–H groups in total. The van der Waals surface area contributed by atoms with Crippen molar-refractivity contribution in [1.29, 1.82) is 0 Å². The number of benzene rings is 1. The summed E-state index contributed by atoms with van der Waals surface area (Å²) in [6.45, 7) is 5.66. The van der Waals surface area contributed by atoms with Crippen LogP contribution in [0.1, 0.15) is 26.6 Å². The normalized spacial score (nSPS) is 17.3. The molecule has 8 nitrogen and oxygen atoms in total. The molecule has 8 heteroatoms. The third kappa shape index (κ3) is 4.02. The van der Waals surface area contributed by atoms with Gasteiger partial charge in [-0.15, -0.1) is 0 Å². The minimum absolute atomic E-state index is 0.000299. The zero-order chi connectivity index (χ0) is 18.7. The number of aromatic nitrogens is 2. The lowest BCUT2D eigenvalue weighted by molar-refractivity contribution is -0.137. The molecule has 0 radical (unpaired) electrons. The maximum Gasteiger partial charge on any atom is 0.298 e. The van der Waals surface area contributed by atoms with Gasteiger partial charge in [0.05, 0.1) is 0 Å². The van der Waals surface area contributed by atoms with Crippen molar-refractivity contribution in [2.24, 2.45) is 4.99 Å². The van der Waals surface area contributed by atoms with Gasteiger partial charge in [-0.05, 0) is 39.0 Å². The van der Waals surface area contributed by atoms with Crippen LogP contribution in [0.3, 0.4) is 0 Å². The van der Waals surface area contributed by atoms with Gasteiger partial charge >= 0.3 is 0 Å². The molecule has 2 amide bonds. The van der Waals surface area contributed by atoms with Crippen LogP contribution in [0.5, 0.6) is 11.5 Å². The molecule has 26 heavy (non-hydrogen) atoms. The number of carbonyl (C=O) groups is 2. The molecule has 0 fully saturated rings. The highest BCUT2D eigenvalue weighted by atomic mass is 16.5. The van der Waals surface area contributed by atoms with Gasteiger partial charge < -0.3 is 14.8 Å². The second kappa shape index (κ2) is 6.91. The molecule has 1 aliphatic rings. The number of nitrogens with one attached hydrogen (secondary N) is 1. The fourth-order valence-electron chi connectivity index (χ4n) is 2.21. The van der Waals surface area contributed by atoms with Gasteiger partial charge in [0.25, 0.3) is 17.9 Å². The third-order valence-corrected chi connectivity index (χ3v) is 3.21. The topological polar surface area (TPSA) is 103 Å². The largest absolute Gasteiger partial charge is 0.484 e. The van der Waals surface area contributed by atoms with Gasteiger partial charge in [-0.3, -0.25) is 9.59 Å². The van der Waals surface area contributed by atoms with E-state index in [1.807, 2.05) is 20.8 Å². The first-order chi connectivity index (χ1) is 12.3. The zero-order valence-electron chi connectivity index (χ0n) is 14.6. The Kier molecular flexibility index (Phi) is 4.66. The third-order valence-electron chi connectivity index (χ3n) is 3.21. The summed E-state index contributed by atoms with van der Waals surface area (Å²) in [5.41, 5.74) is -0.464. The van der Waals surface area contributed by atoms with E-state index in [1.165, 1.54) is 12.4 Å². The molecule has 0 saturated carbocycles. The van der Waals surface area contributed by atoms with Gasteiger partial charge in [-0.25, -0.2) is 9.97 Å². The summed E-state index contributed by atoms with van der Waals surface area (Å²) < 4.78 is 11.4. The predicted octanol–water partition coefficient (Wildman–Crippen LogP) is 1.50. The van der Waals surface area contributed by atoms with E-state index in [0.29, 0.717) is 5.75 Å². The molecule has 2 aromatic rings. The van der Waals surface area contributed by atoms with Crippen LogP contribution in [0.4, 0.5) is 0 Å². The predicted molar refractivity (Wildman–Crippen MR) is 93.0 cm³/mol. The summed E-state index contributed by atoms with van der Waals surface area (Å²) in [5.74, 6) is -0.504. The molecule has 3 rings (SSSR count). The van der Waals surface area contributed by atoms with Crippen LogP contribution in [0.15, 0.2) is 47.7 Å². The second-order valence-electron chi connectivity index (χ2n) is 6.52. The fraction of sp³-hybridized carbons (Fsp3) is 0.278.